The van der Waals surface area contributed by atoms with E-state index in [-0.39, 0.29) is 0 Å². The van der Waals surface area contributed by atoms with Crippen molar-refractivity contribution in [1.29, 1.82) is 0 Å². The molecule has 2 heteroatoms. The molecule has 0 radical (unpaired) electrons. The second-order valence-corrected chi connectivity index (χ2v) is 6.00. The summed E-state index contributed by atoms with van der Waals surface area (Å²) in [5.41, 5.74) is 6.45. The molecule has 0 amide bonds. The molecule has 16 heavy (non-hydrogen) atoms. The van der Waals surface area contributed by atoms with Crippen LogP contribution < -0.4 is 5.73 Å². The average Bonchev–Trinajstić information content (AvgIpc) is 2.18. The Bertz CT molecular complexity index is 201. The molecule has 0 saturated heterocycles. The highest BCUT2D eigenvalue weighted by Gasteiger charge is 2.35. The van der Waals surface area contributed by atoms with E-state index >= 15 is 0 Å². The summed E-state index contributed by atoms with van der Waals surface area (Å²) in [4.78, 5) is 2.65. The van der Waals surface area contributed by atoms with Crippen LogP contribution in [-0.4, -0.2) is 31.1 Å². The third-order valence-corrected chi connectivity index (χ3v) is 4.99. The van der Waals surface area contributed by atoms with Gasteiger partial charge in [0.2, 0.25) is 0 Å². The first kappa shape index (κ1) is 12.4. The molecule has 2 N–H and O–H groups in total. The summed E-state index contributed by atoms with van der Waals surface area (Å²) < 4.78 is 0. The Morgan fingerprint density at radius 3 is 2.38 bits per heavy atom. The summed E-state index contributed by atoms with van der Waals surface area (Å²) in [5, 5.41) is 0. The first-order valence-electron chi connectivity index (χ1n) is 7.20. The highest BCUT2D eigenvalue weighted by molar-refractivity contribution is 4.89. The summed E-state index contributed by atoms with van der Waals surface area (Å²) in [5.74, 6) is 1.01. The van der Waals surface area contributed by atoms with Crippen molar-refractivity contribution in [3.05, 3.63) is 0 Å². The quantitative estimate of drug-likeness (QED) is 0.720. The standard InChI is InChI=1S/C14H28N2/c1-2-16(11-13-5-3-6-13)10-9-14(12-15)7-4-8-14/h13H,2-12,15H2,1H3. The van der Waals surface area contributed by atoms with Crippen LogP contribution in [0.4, 0.5) is 0 Å². The minimum absolute atomic E-state index is 0.535. The van der Waals surface area contributed by atoms with Gasteiger partial charge in [-0.15, -0.1) is 0 Å². The van der Waals surface area contributed by atoms with E-state index in [4.69, 9.17) is 5.73 Å². The Balaban J connectivity index is 1.69. The maximum Gasteiger partial charge on any atom is 0.000954 e. The second kappa shape index (κ2) is 5.50. The topological polar surface area (TPSA) is 29.3 Å². The smallest absolute Gasteiger partial charge is 0.000954 e. The molecule has 2 nitrogen and oxygen atoms in total. The minimum Gasteiger partial charge on any atom is -0.330 e. The van der Waals surface area contributed by atoms with E-state index < -0.39 is 0 Å². The van der Waals surface area contributed by atoms with Gasteiger partial charge in [-0.05, 0) is 63.1 Å². The highest BCUT2D eigenvalue weighted by Crippen LogP contribution is 2.43. The van der Waals surface area contributed by atoms with Crippen LogP contribution in [0.25, 0.3) is 0 Å². The Morgan fingerprint density at radius 1 is 1.25 bits per heavy atom. The molecule has 2 rings (SSSR count). The second-order valence-electron chi connectivity index (χ2n) is 6.00. The van der Waals surface area contributed by atoms with E-state index in [0.29, 0.717) is 5.41 Å². The van der Waals surface area contributed by atoms with Crippen LogP contribution in [0.3, 0.4) is 0 Å². The summed E-state index contributed by atoms with van der Waals surface area (Å²) in [6.45, 7) is 7.06. The van der Waals surface area contributed by atoms with Gasteiger partial charge in [-0.2, -0.15) is 0 Å². The van der Waals surface area contributed by atoms with Gasteiger partial charge in [0, 0.05) is 6.54 Å². The monoisotopic (exact) mass is 224 g/mol. The van der Waals surface area contributed by atoms with Gasteiger partial charge in [-0.1, -0.05) is 19.8 Å². The molecule has 2 saturated carbocycles. The molecule has 0 aromatic heterocycles. The summed E-state index contributed by atoms with van der Waals surface area (Å²) in [6, 6.07) is 0. The fourth-order valence-corrected chi connectivity index (χ4v) is 3.05. The zero-order valence-electron chi connectivity index (χ0n) is 10.9. The zero-order chi connectivity index (χ0) is 11.4. The predicted molar refractivity (Wildman–Crippen MR) is 69.4 cm³/mol. The molecular formula is C14H28N2. The highest BCUT2D eigenvalue weighted by atomic mass is 15.1. The van der Waals surface area contributed by atoms with Gasteiger partial charge in [0.15, 0.2) is 0 Å². The van der Waals surface area contributed by atoms with Gasteiger partial charge in [0.05, 0.1) is 0 Å². The number of hydrogen-bond donors (Lipinski definition) is 1. The van der Waals surface area contributed by atoms with Gasteiger partial charge in [0.25, 0.3) is 0 Å². The van der Waals surface area contributed by atoms with Crippen molar-refractivity contribution in [2.75, 3.05) is 26.2 Å². The van der Waals surface area contributed by atoms with Crippen molar-refractivity contribution >= 4 is 0 Å². The molecule has 0 bridgehead atoms. The van der Waals surface area contributed by atoms with Gasteiger partial charge in [-0.25, -0.2) is 0 Å². The van der Waals surface area contributed by atoms with E-state index in [9.17, 15) is 0 Å². The molecule has 0 heterocycles. The fraction of sp³-hybridized carbons (Fsp3) is 1.00. The Morgan fingerprint density at radius 2 is 2.00 bits per heavy atom. The van der Waals surface area contributed by atoms with Crippen LogP contribution in [0.5, 0.6) is 0 Å². The van der Waals surface area contributed by atoms with Gasteiger partial charge in [0.1, 0.15) is 0 Å². The summed E-state index contributed by atoms with van der Waals surface area (Å²) >= 11 is 0. The molecule has 2 aliphatic rings. The maximum atomic E-state index is 5.92. The molecule has 0 aliphatic heterocycles. The SMILES string of the molecule is CCN(CCC1(CN)CCC1)CC1CCC1. The Hall–Kier alpha value is -0.0800. The summed E-state index contributed by atoms with van der Waals surface area (Å²) in [7, 11) is 0. The minimum atomic E-state index is 0.535. The molecule has 0 unspecified atom stereocenters. The third-order valence-electron chi connectivity index (χ3n) is 4.99. The lowest BCUT2D eigenvalue weighted by Crippen LogP contribution is -2.42. The normalized spacial score (nSPS) is 24.2. The van der Waals surface area contributed by atoms with E-state index in [1.165, 1.54) is 64.6 Å². The zero-order valence-corrected chi connectivity index (χ0v) is 10.9. The van der Waals surface area contributed by atoms with E-state index in [1.54, 1.807) is 0 Å². The van der Waals surface area contributed by atoms with Gasteiger partial charge < -0.3 is 10.6 Å². The Labute approximate surface area is 101 Å². The lowest BCUT2D eigenvalue weighted by Gasteiger charge is -2.43. The number of rotatable bonds is 7. The van der Waals surface area contributed by atoms with E-state index in [2.05, 4.69) is 11.8 Å². The van der Waals surface area contributed by atoms with Crippen molar-refractivity contribution in [3.63, 3.8) is 0 Å². The molecule has 0 atom stereocenters. The van der Waals surface area contributed by atoms with E-state index in [1.807, 2.05) is 0 Å². The first-order chi connectivity index (χ1) is 7.78. The van der Waals surface area contributed by atoms with E-state index in [0.717, 1.165) is 12.5 Å². The maximum absolute atomic E-state index is 5.92. The Kier molecular flexibility index (Phi) is 4.26. The molecule has 94 valence electrons. The molecular weight excluding hydrogens is 196 g/mol. The first-order valence-corrected chi connectivity index (χ1v) is 7.20. The molecule has 2 fully saturated rings. The fourth-order valence-electron chi connectivity index (χ4n) is 3.05. The summed E-state index contributed by atoms with van der Waals surface area (Å²) in [6.07, 6.45) is 9.91. The third kappa shape index (κ3) is 2.78. The van der Waals surface area contributed by atoms with Crippen LogP contribution in [0.2, 0.25) is 0 Å². The van der Waals surface area contributed by atoms with Crippen LogP contribution in [0, 0.1) is 11.3 Å². The van der Waals surface area contributed by atoms with Crippen LogP contribution >= 0.6 is 0 Å². The van der Waals surface area contributed by atoms with Crippen LogP contribution in [0.1, 0.15) is 51.9 Å². The predicted octanol–water partition coefficient (Wildman–Crippen LogP) is 2.63. The molecule has 0 spiro atoms. The van der Waals surface area contributed by atoms with Gasteiger partial charge >= 0.3 is 0 Å². The average molecular weight is 224 g/mol. The van der Waals surface area contributed by atoms with Crippen molar-refractivity contribution in [3.8, 4) is 0 Å². The number of nitrogens with zero attached hydrogens (tertiary/aromatic N) is 1. The van der Waals surface area contributed by atoms with Crippen LogP contribution in [0.15, 0.2) is 0 Å². The van der Waals surface area contributed by atoms with Crippen molar-refractivity contribution in [2.45, 2.75) is 51.9 Å². The van der Waals surface area contributed by atoms with Crippen molar-refractivity contribution < 1.29 is 0 Å². The molecule has 0 aromatic rings. The van der Waals surface area contributed by atoms with Crippen molar-refractivity contribution in [2.24, 2.45) is 17.1 Å². The number of hydrogen-bond acceptors (Lipinski definition) is 2. The van der Waals surface area contributed by atoms with Crippen LogP contribution in [-0.2, 0) is 0 Å². The number of nitrogens with two attached hydrogens (primary N) is 1. The van der Waals surface area contributed by atoms with Gasteiger partial charge in [-0.3, -0.25) is 0 Å². The lowest BCUT2D eigenvalue weighted by molar-refractivity contribution is 0.0955. The lowest BCUT2D eigenvalue weighted by atomic mass is 9.66. The largest absolute Gasteiger partial charge is 0.330 e. The molecule has 2 aliphatic carbocycles. The molecule has 0 aromatic carbocycles. The van der Waals surface area contributed by atoms with Crippen molar-refractivity contribution in [1.82, 2.24) is 4.90 Å².